The van der Waals surface area contributed by atoms with Crippen LogP contribution in [0.3, 0.4) is 0 Å². The average molecular weight is 468 g/mol. The maximum atomic E-state index is 12.1. The topological polar surface area (TPSA) is 43.7 Å². The minimum atomic E-state index is -0.274. The summed E-state index contributed by atoms with van der Waals surface area (Å²) in [7, 11) is 2.27. The monoisotopic (exact) mass is 467 g/mol. The van der Waals surface area contributed by atoms with Crippen molar-refractivity contribution in [2.45, 2.75) is 120 Å². The molecule has 10 atom stereocenters. The molecular weight excluding hydrogens is 420 g/mol. The zero-order valence-corrected chi connectivity index (χ0v) is 21.7. The molecule has 2 N–H and O–H groups in total. The van der Waals surface area contributed by atoms with Gasteiger partial charge in [-0.1, -0.05) is 70.6 Å². The molecule has 7 rings (SSSR count). The number of unbranched alkanes of at least 4 members (excludes halogenated alkanes) is 7. The van der Waals surface area contributed by atoms with Gasteiger partial charge in [0.15, 0.2) is 6.23 Å². The Kier molecular flexibility index (Phi) is 5.82. The molecule has 4 heteroatoms. The van der Waals surface area contributed by atoms with E-state index in [1.165, 1.54) is 69.0 Å². The zero-order valence-electron chi connectivity index (χ0n) is 21.7. The summed E-state index contributed by atoms with van der Waals surface area (Å²) in [4.78, 5) is 2.52. The number of nitrogens with zero attached hydrogens (tertiary/aromatic N) is 2. The molecule has 5 fully saturated rings. The Morgan fingerprint density at radius 2 is 1.68 bits per heavy atom. The molecule has 5 heterocycles. The number of anilines is 1. The molecule has 34 heavy (non-hydrogen) atoms. The molecule has 0 aromatic heterocycles. The van der Waals surface area contributed by atoms with Crippen LogP contribution in [0, 0.1) is 17.8 Å². The summed E-state index contributed by atoms with van der Waals surface area (Å²) in [6, 6.07) is 10.1. The summed E-state index contributed by atoms with van der Waals surface area (Å²) < 4.78 is 0.900. The average Bonchev–Trinajstić information content (AvgIpc) is 3.23. The standard InChI is InChI=1S/C30H47N2O2/c1-4-6-7-8-9-10-11-14-17-32-24-18-21(20(5-2)29(32)34)26-25(32)19-30(28(26)33)22-15-12-13-16-23(22)31(3)27(24)30/h12-13,15-16,20-21,24-29,33-34H,4-11,14,17-19H2,1-3H3/q+1/t20-,21+,24?,25+,26?,27-,28-,29+,30?,32?/m0/s1. The number of rotatable bonds is 10. The van der Waals surface area contributed by atoms with E-state index >= 15 is 0 Å². The second kappa shape index (κ2) is 8.49. The van der Waals surface area contributed by atoms with E-state index in [0.717, 1.165) is 23.9 Å². The molecule has 188 valence electrons. The van der Waals surface area contributed by atoms with E-state index in [-0.39, 0.29) is 17.7 Å². The second-order valence-electron chi connectivity index (χ2n) is 12.6. The predicted octanol–water partition coefficient (Wildman–Crippen LogP) is 5.21. The molecule has 4 saturated heterocycles. The first-order valence-corrected chi connectivity index (χ1v) is 14.6. The van der Waals surface area contributed by atoms with Crippen molar-refractivity contribution in [1.82, 2.24) is 0 Å². The Morgan fingerprint density at radius 1 is 0.971 bits per heavy atom. The van der Waals surface area contributed by atoms with Crippen molar-refractivity contribution in [3.05, 3.63) is 29.8 Å². The van der Waals surface area contributed by atoms with Gasteiger partial charge in [0.1, 0.15) is 6.04 Å². The Labute approximate surface area is 206 Å². The van der Waals surface area contributed by atoms with Crippen LogP contribution in [0.4, 0.5) is 5.69 Å². The Hall–Kier alpha value is -1.10. The van der Waals surface area contributed by atoms with Crippen LogP contribution in [0.25, 0.3) is 0 Å². The number of hydrogen-bond acceptors (Lipinski definition) is 3. The number of piperidine rings is 4. The van der Waals surface area contributed by atoms with Gasteiger partial charge in [-0.2, -0.15) is 0 Å². The van der Waals surface area contributed by atoms with E-state index in [0.29, 0.717) is 35.9 Å². The zero-order chi connectivity index (χ0) is 23.7. The van der Waals surface area contributed by atoms with Crippen molar-refractivity contribution in [3.8, 4) is 0 Å². The van der Waals surface area contributed by atoms with Crippen LogP contribution in [0.2, 0.25) is 0 Å². The molecule has 5 aliphatic heterocycles. The third-order valence-electron chi connectivity index (χ3n) is 11.5. The number of benzene rings is 1. The molecular formula is C30H47N2O2+. The summed E-state index contributed by atoms with van der Waals surface area (Å²) in [5, 5.41) is 24.2. The second-order valence-corrected chi connectivity index (χ2v) is 12.6. The van der Waals surface area contributed by atoms with Crippen molar-refractivity contribution in [2.24, 2.45) is 17.8 Å². The van der Waals surface area contributed by atoms with Crippen LogP contribution in [-0.2, 0) is 5.41 Å². The van der Waals surface area contributed by atoms with Crippen LogP contribution < -0.4 is 4.90 Å². The maximum absolute atomic E-state index is 12.1. The number of fused-ring (bicyclic) bond motifs is 2. The molecule has 1 saturated carbocycles. The van der Waals surface area contributed by atoms with Crippen LogP contribution >= 0.6 is 0 Å². The predicted molar refractivity (Wildman–Crippen MR) is 138 cm³/mol. The van der Waals surface area contributed by atoms with Crippen LogP contribution in [-0.4, -0.2) is 58.7 Å². The Balaban J connectivity index is 1.31. The summed E-state index contributed by atoms with van der Waals surface area (Å²) in [5.74, 6) is 1.17. The molecule has 5 bridgehead atoms. The SMILES string of the molecule is CCCCCCCCCC[N+]12C3C[C@@H](C4[C@H]1CC1(c5ccccc5N(C)[C@@H]31)[C@H]4O)[C@H](CC)[C@H]2O. The van der Waals surface area contributed by atoms with Crippen LogP contribution in [0.5, 0.6) is 0 Å². The number of para-hydroxylation sites is 1. The van der Waals surface area contributed by atoms with Crippen molar-refractivity contribution in [2.75, 3.05) is 18.5 Å². The maximum Gasteiger partial charge on any atom is 0.194 e. The van der Waals surface area contributed by atoms with E-state index in [1.54, 1.807) is 0 Å². The number of quaternary nitrogens is 1. The highest BCUT2D eigenvalue weighted by molar-refractivity contribution is 5.66. The molecule has 4 nitrogen and oxygen atoms in total. The minimum absolute atomic E-state index is 0.135. The van der Waals surface area contributed by atoms with E-state index < -0.39 is 0 Å². The van der Waals surface area contributed by atoms with Crippen molar-refractivity contribution in [3.63, 3.8) is 0 Å². The molecule has 4 unspecified atom stereocenters. The van der Waals surface area contributed by atoms with Gasteiger partial charge in [-0.25, -0.2) is 0 Å². The normalized spacial score (nSPS) is 45.1. The summed E-state index contributed by atoms with van der Waals surface area (Å²) in [6.45, 7) is 5.66. The highest BCUT2D eigenvalue weighted by Gasteiger charge is 2.82. The number of aliphatic hydroxyl groups is 2. The van der Waals surface area contributed by atoms with Crippen molar-refractivity contribution in [1.29, 1.82) is 0 Å². The fourth-order valence-corrected chi connectivity index (χ4v) is 10.4. The summed E-state index contributed by atoms with van der Waals surface area (Å²) >= 11 is 0. The Bertz CT molecular complexity index is 906. The smallest absolute Gasteiger partial charge is 0.194 e. The molecule has 6 aliphatic rings. The van der Waals surface area contributed by atoms with Gasteiger partial charge < -0.3 is 15.1 Å². The minimum Gasteiger partial charge on any atom is -0.392 e. The van der Waals surface area contributed by atoms with E-state index in [9.17, 15) is 10.2 Å². The highest BCUT2D eigenvalue weighted by Crippen LogP contribution is 2.71. The van der Waals surface area contributed by atoms with Gasteiger partial charge in [0.25, 0.3) is 0 Å². The van der Waals surface area contributed by atoms with Gasteiger partial charge in [0.2, 0.25) is 0 Å². The van der Waals surface area contributed by atoms with Gasteiger partial charge in [-0.15, -0.1) is 0 Å². The fraction of sp³-hybridized carbons (Fsp3) is 0.800. The molecule has 0 radical (unpaired) electrons. The van der Waals surface area contributed by atoms with Crippen molar-refractivity contribution < 1.29 is 14.7 Å². The molecule has 1 spiro atoms. The molecule has 1 aliphatic carbocycles. The number of hydrogen-bond donors (Lipinski definition) is 2. The van der Waals surface area contributed by atoms with Gasteiger partial charge >= 0.3 is 0 Å². The number of aliphatic hydroxyl groups excluding tert-OH is 2. The lowest BCUT2D eigenvalue weighted by Gasteiger charge is -2.68. The first kappa shape index (κ1) is 23.3. The van der Waals surface area contributed by atoms with Crippen LogP contribution in [0.15, 0.2) is 24.3 Å². The summed E-state index contributed by atoms with van der Waals surface area (Å²) in [5.41, 5.74) is 2.58. The lowest BCUT2D eigenvalue weighted by Crippen LogP contribution is -2.83. The number of likely N-dealkylation sites (N-methyl/N-ethyl adjacent to an activating group) is 1. The third-order valence-corrected chi connectivity index (χ3v) is 11.5. The van der Waals surface area contributed by atoms with Gasteiger partial charge in [0.05, 0.1) is 30.1 Å². The first-order valence-electron chi connectivity index (χ1n) is 14.6. The molecule has 1 aromatic carbocycles. The third kappa shape index (κ3) is 2.77. The van der Waals surface area contributed by atoms with Gasteiger partial charge in [0, 0.05) is 37.4 Å². The molecule has 1 aromatic rings. The Morgan fingerprint density at radius 3 is 2.41 bits per heavy atom. The summed E-state index contributed by atoms with van der Waals surface area (Å²) in [6.07, 6.45) is 13.4. The largest absolute Gasteiger partial charge is 0.392 e. The molecule has 0 amide bonds. The lowest BCUT2D eigenvalue weighted by atomic mass is 9.60. The highest BCUT2D eigenvalue weighted by atomic mass is 16.3. The van der Waals surface area contributed by atoms with Gasteiger partial charge in [-0.05, 0) is 36.8 Å². The lowest BCUT2D eigenvalue weighted by molar-refractivity contribution is -1.04. The quantitative estimate of drug-likeness (QED) is 0.367. The van der Waals surface area contributed by atoms with Gasteiger partial charge in [-0.3, -0.25) is 4.48 Å². The van der Waals surface area contributed by atoms with Crippen molar-refractivity contribution >= 4 is 5.69 Å². The van der Waals surface area contributed by atoms with E-state index in [2.05, 4.69) is 50.1 Å². The first-order chi connectivity index (χ1) is 16.5. The van der Waals surface area contributed by atoms with E-state index in [4.69, 9.17) is 0 Å². The van der Waals surface area contributed by atoms with Crippen LogP contribution in [0.1, 0.15) is 90.0 Å². The van der Waals surface area contributed by atoms with E-state index in [1.807, 2.05) is 0 Å². The fourth-order valence-electron chi connectivity index (χ4n) is 10.4.